The van der Waals surface area contributed by atoms with Gasteiger partial charge in [0.15, 0.2) is 0 Å². The first-order valence-electron chi connectivity index (χ1n) is 10.5. The highest BCUT2D eigenvalue weighted by Gasteiger charge is 2.18. The van der Waals surface area contributed by atoms with E-state index in [9.17, 15) is 9.59 Å². The number of anilines is 1. The van der Waals surface area contributed by atoms with Crippen molar-refractivity contribution in [2.24, 2.45) is 5.73 Å². The zero-order chi connectivity index (χ0) is 21.1. The minimum absolute atomic E-state index is 0.344. The molecule has 1 aliphatic heterocycles. The first kappa shape index (κ1) is 23.1. The minimum Gasteiger partial charge on any atom is -0.369 e. The van der Waals surface area contributed by atoms with Crippen LogP contribution in [-0.2, 0) is 16.1 Å². The van der Waals surface area contributed by atoms with Gasteiger partial charge in [0.05, 0.1) is 0 Å². The quantitative estimate of drug-likeness (QED) is 0.371. The lowest BCUT2D eigenvalue weighted by Crippen LogP contribution is -2.45. The Hall–Kier alpha value is -2.16. The van der Waals surface area contributed by atoms with E-state index in [2.05, 4.69) is 38.4 Å². The molecule has 8 heteroatoms. The summed E-state index contributed by atoms with van der Waals surface area (Å²) in [6.07, 6.45) is 1.76. The summed E-state index contributed by atoms with van der Waals surface area (Å²) in [6.45, 7) is 7.27. The lowest BCUT2D eigenvalue weighted by Gasteiger charge is -2.35. The number of rotatable bonds is 10. The van der Waals surface area contributed by atoms with E-state index in [1.807, 2.05) is 25.2 Å². The van der Waals surface area contributed by atoms with E-state index in [0.29, 0.717) is 19.6 Å². The van der Waals surface area contributed by atoms with E-state index in [0.717, 1.165) is 63.4 Å². The third-order valence-corrected chi connectivity index (χ3v) is 5.23. The van der Waals surface area contributed by atoms with E-state index in [4.69, 9.17) is 5.73 Å². The van der Waals surface area contributed by atoms with Gasteiger partial charge < -0.3 is 31.1 Å². The Morgan fingerprint density at radius 2 is 1.69 bits per heavy atom. The summed E-state index contributed by atoms with van der Waals surface area (Å²) in [4.78, 5) is 31.0. The summed E-state index contributed by atoms with van der Waals surface area (Å²) in [5, 5.41) is 5.45. The van der Waals surface area contributed by atoms with Crippen LogP contribution < -0.4 is 21.3 Å². The molecule has 2 amide bonds. The molecule has 0 atom stereocenters. The Kier molecular flexibility index (Phi) is 9.90. The number of nitrogens with two attached hydrogens (primary N) is 1. The van der Waals surface area contributed by atoms with Gasteiger partial charge in [0.2, 0.25) is 0 Å². The van der Waals surface area contributed by atoms with Gasteiger partial charge in [0.25, 0.3) is 0 Å². The van der Waals surface area contributed by atoms with Gasteiger partial charge in [0.1, 0.15) is 0 Å². The number of hydrogen-bond donors (Lipinski definition) is 3. The molecule has 0 aliphatic carbocycles. The van der Waals surface area contributed by atoms with Crippen LogP contribution >= 0.6 is 0 Å². The molecular formula is C21H36N6O2. The van der Waals surface area contributed by atoms with Gasteiger partial charge in [-0.2, -0.15) is 0 Å². The molecule has 1 fully saturated rings. The number of para-hydroxylation sites is 1. The fraction of sp³-hybridized carbons (Fsp3) is 0.619. The second kappa shape index (κ2) is 12.4. The highest BCUT2D eigenvalue weighted by molar-refractivity contribution is 6.35. The fourth-order valence-electron chi connectivity index (χ4n) is 3.38. The van der Waals surface area contributed by atoms with Crippen molar-refractivity contribution in [2.45, 2.75) is 19.4 Å². The van der Waals surface area contributed by atoms with Crippen molar-refractivity contribution in [3.63, 3.8) is 0 Å². The third kappa shape index (κ3) is 8.00. The maximum absolute atomic E-state index is 12.1. The molecule has 1 heterocycles. The van der Waals surface area contributed by atoms with Crippen LogP contribution in [0.5, 0.6) is 0 Å². The zero-order valence-corrected chi connectivity index (χ0v) is 17.8. The Labute approximate surface area is 174 Å². The number of amides is 2. The van der Waals surface area contributed by atoms with E-state index in [1.165, 1.54) is 0 Å². The number of benzene rings is 1. The van der Waals surface area contributed by atoms with Crippen LogP contribution in [0.1, 0.15) is 18.4 Å². The molecule has 1 saturated heterocycles. The number of piperazine rings is 1. The average molecular weight is 405 g/mol. The molecule has 0 bridgehead atoms. The van der Waals surface area contributed by atoms with Crippen molar-refractivity contribution in [1.29, 1.82) is 0 Å². The molecule has 0 unspecified atom stereocenters. The minimum atomic E-state index is -0.588. The van der Waals surface area contributed by atoms with Crippen LogP contribution in [0.3, 0.4) is 0 Å². The van der Waals surface area contributed by atoms with Gasteiger partial charge >= 0.3 is 11.8 Å². The monoisotopic (exact) mass is 404 g/mol. The van der Waals surface area contributed by atoms with Crippen molar-refractivity contribution >= 4 is 17.5 Å². The van der Waals surface area contributed by atoms with E-state index < -0.39 is 11.8 Å². The highest BCUT2D eigenvalue weighted by Crippen LogP contribution is 2.21. The normalized spacial score (nSPS) is 14.8. The molecule has 8 nitrogen and oxygen atoms in total. The summed E-state index contributed by atoms with van der Waals surface area (Å²) in [6, 6.07) is 8.05. The summed E-state index contributed by atoms with van der Waals surface area (Å²) >= 11 is 0. The average Bonchev–Trinajstić information content (AvgIpc) is 2.74. The Bertz CT molecular complexity index is 646. The lowest BCUT2D eigenvalue weighted by molar-refractivity contribution is -0.139. The second-order valence-corrected chi connectivity index (χ2v) is 7.66. The predicted molar refractivity (Wildman–Crippen MR) is 117 cm³/mol. The number of carbonyl (C=O) groups excluding carboxylic acids is 2. The van der Waals surface area contributed by atoms with Crippen LogP contribution in [0, 0.1) is 0 Å². The van der Waals surface area contributed by atoms with Gasteiger partial charge in [-0.3, -0.25) is 9.59 Å². The maximum atomic E-state index is 12.1. The summed E-state index contributed by atoms with van der Waals surface area (Å²) in [5.74, 6) is -1.17. The molecule has 1 aliphatic rings. The molecule has 29 heavy (non-hydrogen) atoms. The molecule has 0 radical (unpaired) electrons. The fourth-order valence-corrected chi connectivity index (χ4v) is 3.38. The summed E-state index contributed by atoms with van der Waals surface area (Å²) < 4.78 is 0. The summed E-state index contributed by atoms with van der Waals surface area (Å²) in [5.41, 5.74) is 7.65. The molecule has 162 valence electrons. The number of carbonyl (C=O) groups is 2. The number of nitrogens with zero attached hydrogens (tertiary/aromatic N) is 3. The largest absolute Gasteiger partial charge is 0.369 e. The molecule has 0 spiro atoms. The molecule has 0 aromatic heterocycles. The molecule has 0 saturated carbocycles. The smallest absolute Gasteiger partial charge is 0.309 e. The Morgan fingerprint density at radius 3 is 2.41 bits per heavy atom. The summed E-state index contributed by atoms with van der Waals surface area (Å²) in [7, 11) is 4.16. The molecule has 4 N–H and O–H groups in total. The van der Waals surface area contributed by atoms with Gasteiger partial charge in [-0.25, -0.2) is 0 Å². The molecule has 1 aromatic rings. The molecule has 1 aromatic carbocycles. The van der Waals surface area contributed by atoms with Crippen molar-refractivity contribution in [3.8, 4) is 0 Å². The van der Waals surface area contributed by atoms with Crippen molar-refractivity contribution in [2.75, 3.05) is 71.4 Å². The highest BCUT2D eigenvalue weighted by atomic mass is 16.2. The maximum Gasteiger partial charge on any atom is 0.309 e. The Morgan fingerprint density at radius 1 is 1.03 bits per heavy atom. The number of hydrogen-bond acceptors (Lipinski definition) is 6. The van der Waals surface area contributed by atoms with Crippen molar-refractivity contribution in [3.05, 3.63) is 29.8 Å². The third-order valence-electron chi connectivity index (χ3n) is 5.23. The first-order chi connectivity index (χ1) is 14.0. The van der Waals surface area contributed by atoms with Crippen LogP contribution in [0.15, 0.2) is 24.3 Å². The van der Waals surface area contributed by atoms with E-state index >= 15 is 0 Å². The predicted octanol–water partition coefficient (Wildman–Crippen LogP) is -0.158. The van der Waals surface area contributed by atoms with Gasteiger partial charge in [-0.1, -0.05) is 18.2 Å². The number of likely N-dealkylation sites (N-methyl/N-ethyl adjacent to an activating group) is 1. The van der Waals surface area contributed by atoms with Gasteiger partial charge in [-0.15, -0.1) is 0 Å². The SMILES string of the molecule is CN(CCCN)CCCNC(=O)C(=O)NCc1ccccc1N1CCN(C)CC1. The standard InChI is InChI=1S/C21H36N6O2/c1-25(11-5-9-22)12-6-10-23-20(28)21(29)24-17-18-7-3-4-8-19(18)27-15-13-26(2)14-16-27/h3-4,7-8H,5-6,9-17,22H2,1-2H3,(H,23,28)(H,24,29). The first-order valence-corrected chi connectivity index (χ1v) is 10.5. The van der Waals surface area contributed by atoms with Crippen molar-refractivity contribution in [1.82, 2.24) is 20.4 Å². The molecular weight excluding hydrogens is 368 g/mol. The molecule has 2 rings (SSSR count). The second-order valence-electron chi connectivity index (χ2n) is 7.66. The van der Waals surface area contributed by atoms with Gasteiger partial charge in [-0.05, 0) is 58.2 Å². The van der Waals surface area contributed by atoms with Gasteiger partial charge in [0, 0.05) is 45.0 Å². The van der Waals surface area contributed by atoms with E-state index in [1.54, 1.807) is 0 Å². The Balaban J connectivity index is 1.74. The number of nitrogens with one attached hydrogen (secondary N) is 2. The van der Waals surface area contributed by atoms with Crippen LogP contribution in [0.25, 0.3) is 0 Å². The van der Waals surface area contributed by atoms with Crippen LogP contribution in [0.4, 0.5) is 5.69 Å². The van der Waals surface area contributed by atoms with Crippen LogP contribution in [-0.4, -0.2) is 88.1 Å². The zero-order valence-electron chi connectivity index (χ0n) is 17.8. The lowest BCUT2D eigenvalue weighted by atomic mass is 10.1. The van der Waals surface area contributed by atoms with Crippen LogP contribution in [0.2, 0.25) is 0 Å². The topological polar surface area (TPSA) is 93.9 Å². The van der Waals surface area contributed by atoms with Crippen molar-refractivity contribution < 1.29 is 9.59 Å². The van der Waals surface area contributed by atoms with E-state index in [-0.39, 0.29) is 0 Å².